The van der Waals surface area contributed by atoms with E-state index >= 15 is 0 Å². The summed E-state index contributed by atoms with van der Waals surface area (Å²) in [6.07, 6.45) is 6.10. The summed E-state index contributed by atoms with van der Waals surface area (Å²) in [5, 5.41) is 0. The fraction of sp³-hybridized carbons (Fsp3) is 0.474. The summed E-state index contributed by atoms with van der Waals surface area (Å²) in [6.45, 7) is 4.31. The van der Waals surface area contributed by atoms with Crippen LogP contribution in [0.15, 0.2) is 47.8 Å². The molecule has 1 fully saturated rings. The summed E-state index contributed by atoms with van der Waals surface area (Å²) in [4.78, 5) is 19.1. The Kier molecular flexibility index (Phi) is 4.77. The van der Waals surface area contributed by atoms with Crippen molar-refractivity contribution < 1.29 is 13.2 Å². The highest BCUT2D eigenvalue weighted by atomic mass is 32.2. The molecule has 2 aliphatic rings. The fourth-order valence-corrected chi connectivity index (χ4v) is 5.54. The Morgan fingerprint density at radius 2 is 1.89 bits per heavy atom. The first-order valence-electron chi connectivity index (χ1n) is 9.34. The molecule has 0 bridgehead atoms. The molecule has 8 heteroatoms. The SMILES string of the molecule is C[C@@H]1c2cccn2CCN1C(=O)C1CCN(S(=O)(=O)c2cccnc2)CC1. The van der Waals surface area contributed by atoms with E-state index < -0.39 is 10.0 Å². The number of piperidine rings is 1. The molecule has 0 unspecified atom stereocenters. The van der Waals surface area contributed by atoms with Crippen molar-refractivity contribution >= 4 is 15.9 Å². The zero-order valence-corrected chi connectivity index (χ0v) is 16.2. The highest BCUT2D eigenvalue weighted by Crippen LogP contribution is 2.30. The minimum Gasteiger partial charge on any atom is -0.348 e. The van der Waals surface area contributed by atoms with Crippen LogP contribution in [0.1, 0.15) is 31.5 Å². The molecular weight excluding hydrogens is 364 g/mol. The summed E-state index contributed by atoms with van der Waals surface area (Å²) in [6, 6.07) is 7.31. The minimum atomic E-state index is -3.54. The van der Waals surface area contributed by atoms with Gasteiger partial charge in [0, 0.05) is 56.4 Å². The van der Waals surface area contributed by atoms with Gasteiger partial charge in [0.25, 0.3) is 0 Å². The van der Waals surface area contributed by atoms with Gasteiger partial charge in [0.15, 0.2) is 0 Å². The standard InChI is InChI=1S/C19H24N4O3S/c1-15-18-5-3-9-21(18)12-13-23(15)19(24)16-6-10-22(11-7-16)27(25,26)17-4-2-8-20-14-17/h2-5,8-9,14-16H,6-7,10-13H2,1H3/t15-/m1/s1. The maximum absolute atomic E-state index is 13.1. The number of carbonyl (C=O) groups is 1. The molecule has 2 aromatic heterocycles. The van der Waals surface area contributed by atoms with Gasteiger partial charge in [0.1, 0.15) is 4.90 Å². The van der Waals surface area contributed by atoms with Gasteiger partial charge in [0.05, 0.1) is 6.04 Å². The highest BCUT2D eigenvalue weighted by Gasteiger charge is 2.36. The van der Waals surface area contributed by atoms with Gasteiger partial charge in [-0.3, -0.25) is 9.78 Å². The van der Waals surface area contributed by atoms with E-state index in [-0.39, 0.29) is 22.8 Å². The van der Waals surface area contributed by atoms with Crippen molar-refractivity contribution in [2.45, 2.75) is 37.2 Å². The Morgan fingerprint density at radius 3 is 2.59 bits per heavy atom. The normalized spacial score (nSPS) is 21.8. The average Bonchev–Trinajstić information content (AvgIpc) is 3.18. The molecular formula is C19H24N4O3S. The second-order valence-electron chi connectivity index (χ2n) is 7.20. The summed E-state index contributed by atoms with van der Waals surface area (Å²) < 4.78 is 29.1. The summed E-state index contributed by atoms with van der Waals surface area (Å²) in [7, 11) is -3.54. The molecule has 4 heterocycles. The molecule has 0 saturated carbocycles. The maximum Gasteiger partial charge on any atom is 0.244 e. The quantitative estimate of drug-likeness (QED) is 0.805. The number of hydrogen-bond donors (Lipinski definition) is 0. The third-order valence-electron chi connectivity index (χ3n) is 5.70. The fourth-order valence-electron chi connectivity index (χ4n) is 4.11. The topological polar surface area (TPSA) is 75.5 Å². The number of rotatable bonds is 3. The summed E-state index contributed by atoms with van der Waals surface area (Å²) in [5.74, 6) is 0.0303. The van der Waals surface area contributed by atoms with Crippen molar-refractivity contribution in [2.75, 3.05) is 19.6 Å². The Morgan fingerprint density at radius 1 is 1.11 bits per heavy atom. The molecule has 0 radical (unpaired) electrons. The van der Waals surface area contributed by atoms with E-state index in [1.165, 1.54) is 10.5 Å². The smallest absolute Gasteiger partial charge is 0.244 e. The number of aromatic nitrogens is 2. The van der Waals surface area contributed by atoms with Crippen molar-refractivity contribution in [3.8, 4) is 0 Å². The highest BCUT2D eigenvalue weighted by molar-refractivity contribution is 7.89. The average molecular weight is 388 g/mol. The molecule has 0 N–H and O–H groups in total. The molecule has 27 heavy (non-hydrogen) atoms. The monoisotopic (exact) mass is 388 g/mol. The number of nitrogens with zero attached hydrogens (tertiary/aromatic N) is 4. The second kappa shape index (κ2) is 7.09. The first kappa shape index (κ1) is 18.2. The number of hydrogen-bond acceptors (Lipinski definition) is 4. The largest absolute Gasteiger partial charge is 0.348 e. The van der Waals surface area contributed by atoms with E-state index in [2.05, 4.69) is 28.7 Å². The van der Waals surface area contributed by atoms with E-state index in [0.29, 0.717) is 32.5 Å². The van der Waals surface area contributed by atoms with Crippen LogP contribution in [0.5, 0.6) is 0 Å². The molecule has 7 nitrogen and oxygen atoms in total. The van der Waals surface area contributed by atoms with Crippen molar-refractivity contribution in [1.82, 2.24) is 18.8 Å². The van der Waals surface area contributed by atoms with Crippen molar-refractivity contribution in [3.05, 3.63) is 48.5 Å². The molecule has 2 aromatic rings. The third kappa shape index (κ3) is 3.27. The first-order valence-corrected chi connectivity index (χ1v) is 10.8. The van der Waals surface area contributed by atoms with Gasteiger partial charge in [-0.2, -0.15) is 4.31 Å². The zero-order chi connectivity index (χ0) is 19.0. The molecule has 0 aromatic carbocycles. The van der Waals surface area contributed by atoms with E-state index in [9.17, 15) is 13.2 Å². The Hall–Kier alpha value is -2.19. The lowest BCUT2D eigenvalue weighted by molar-refractivity contribution is -0.140. The van der Waals surface area contributed by atoms with Gasteiger partial charge in [-0.25, -0.2) is 8.42 Å². The van der Waals surface area contributed by atoms with Crippen LogP contribution in [-0.4, -0.2) is 52.7 Å². The van der Waals surface area contributed by atoms with E-state index in [1.807, 2.05) is 11.0 Å². The van der Waals surface area contributed by atoms with Crippen LogP contribution < -0.4 is 0 Å². The predicted molar refractivity (Wildman–Crippen MR) is 100 cm³/mol. The lowest BCUT2D eigenvalue weighted by atomic mass is 9.95. The van der Waals surface area contributed by atoms with Crippen LogP contribution in [0.3, 0.4) is 0 Å². The Balaban J connectivity index is 1.42. The lowest BCUT2D eigenvalue weighted by Gasteiger charge is -2.39. The molecule has 0 aliphatic carbocycles. The molecule has 1 atom stereocenters. The Bertz CT molecular complexity index is 917. The molecule has 144 valence electrons. The van der Waals surface area contributed by atoms with E-state index in [0.717, 1.165) is 12.2 Å². The number of carbonyl (C=O) groups excluding carboxylic acids is 1. The summed E-state index contributed by atoms with van der Waals surface area (Å²) in [5.41, 5.74) is 1.16. The Labute approximate surface area is 159 Å². The first-order chi connectivity index (χ1) is 13.0. The number of sulfonamides is 1. The predicted octanol–water partition coefficient (Wildman–Crippen LogP) is 1.89. The molecule has 2 aliphatic heterocycles. The van der Waals surface area contributed by atoms with E-state index in [4.69, 9.17) is 0 Å². The lowest BCUT2D eigenvalue weighted by Crippen LogP contribution is -2.47. The van der Waals surface area contributed by atoms with Gasteiger partial charge in [-0.1, -0.05) is 0 Å². The number of fused-ring (bicyclic) bond motifs is 1. The second-order valence-corrected chi connectivity index (χ2v) is 9.14. The van der Waals surface area contributed by atoms with Crippen molar-refractivity contribution in [1.29, 1.82) is 0 Å². The van der Waals surface area contributed by atoms with Crippen LogP contribution in [0.2, 0.25) is 0 Å². The van der Waals surface area contributed by atoms with Crippen LogP contribution in [-0.2, 0) is 21.4 Å². The maximum atomic E-state index is 13.1. The van der Waals surface area contributed by atoms with E-state index in [1.54, 1.807) is 18.3 Å². The van der Waals surface area contributed by atoms with Crippen LogP contribution in [0, 0.1) is 5.92 Å². The number of amides is 1. The molecule has 4 rings (SSSR count). The van der Waals surface area contributed by atoms with Crippen molar-refractivity contribution in [3.63, 3.8) is 0 Å². The minimum absolute atomic E-state index is 0.0541. The van der Waals surface area contributed by atoms with Crippen molar-refractivity contribution in [2.24, 2.45) is 5.92 Å². The van der Waals surface area contributed by atoms with Crippen LogP contribution >= 0.6 is 0 Å². The third-order valence-corrected chi connectivity index (χ3v) is 7.58. The van der Waals surface area contributed by atoms with Gasteiger partial charge in [-0.15, -0.1) is 0 Å². The molecule has 1 amide bonds. The van der Waals surface area contributed by atoms with Gasteiger partial charge >= 0.3 is 0 Å². The van der Waals surface area contributed by atoms with Gasteiger partial charge in [-0.05, 0) is 44.0 Å². The van der Waals surface area contributed by atoms with Gasteiger partial charge in [0.2, 0.25) is 15.9 Å². The van der Waals surface area contributed by atoms with Crippen LogP contribution in [0.25, 0.3) is 0 Å². The number of pyridine rings is 1. The molecule has 0 spiro atoms. The van der Waals surface area contributed by atoms with Crippen LogP contribution in [0.4, 0.5) is 0 Å². The molecule has 1 saturated heterocycles. The summed E-state index contributed by atoms with van der Waals surface area (Å²) >= 11 is 0. The van der Waals surface area contributed by atoms with Gasteiger partial charge < -0.3 is 9.47 Å². The zero-order valence-electron chi connectivity index (χ0n) is 15.4.